The van der Waals surface area contributed by atoms with E-state index in [1.807, 2.05) is 0 Å². The van der Waals surface area contributed by atoms with Crippen molar-refractivity contribution in [1.29, 1.82) is 0 Å². The summed E-state index contributed by atoms with van der Waals surface area (Å²) in [6, 6.07) is 6.04. The Labute approximate surface area is 127 Å². The fourth-order valence-electron chi connectivity index (χ4n) is 2.23. The van der Waals surface area contributed by atoms with Crippen molar-refractivity contribution in [2.45, 2.75) is 31.9 Å². The first-order valence-electron chi connectivity index (χ1n) is 7.23. The number of rotatable bonds is 8. The predicted molar refractivity (Wildman–Crippen MR) is 78.5 cm³/mol. The summed E-state index contributed by atoms with van der Waals surface area (Å²) in [5.41, 5.74) is 0.710. The van der Waals surface area contributed by atoms with Gasteiger partial charge in [0.2, 0.25) is 5.91 Å². The van der Waals surface area contributed by atoms with Crippen LogP contribution in [0, 0.1) is 5.92 Å². The SMILES string of the molecule is O=C(/C=C/c1ccc(OC(F)F)cc1)NC(CCO)C1CC1. The van der Waals surface area contributed by atoms with Crippen molar-refractivity contribution >= 4 is 12.0 Å². The lowest BCUT2D eigenvalue weighted by Gasteiger charge is -2.15. The van der Waals surface area contributed by atoms with Gasteiger partial charge in [0.05, 0.1) is 0 Å². The van der Waals surface area contributed by atoms with Gasteiger partial charge in [0.15, 0.2) is 0 Å². The Kier molecular flexibility index (Phi) is 5.89. The van der Waals surface area contributed by atoms with Crippen molar-refractivity contribution in [3.8, 4) is 5.75 Å². The number of nitrogens with one attached hydrogen (secondary N) is 1. The topological polar surface area (TPSA) is 58.6 Å². The highest BCUT2D eigenvalue weighted by Gasteiger charge is 2.31. The zero-order valence-corrected chi connectivity index (χ0v) is 12.0. The van der Waals surface area contributed by atoms with Crippen LogP contribution >= 0.6 is 0 Å². The third-order valence-electron chi connectivity index (χ3n) is 3.49. The number of amides is 1. The first kappa shape index (κ1) is 16.4. The molecule has 0 radical (unpaired) electrons. The van der Waals surface area contributed by atoms with Crippen LogP contribution in [0.5, 0.6) is 5.75 Å². The normalized spacial score (nSPS) is 16.0. The molecule has 1 atom stereocenters. The van der Waals surface area contributed by atoms with E-state index in [2.05, 4.69) is 10.1 Å². The molecule has 2 rings (SSSR count). The van der Waals surface area contributed by atoms with Crippen LogP contribution in [-0.4, -0.2) is 30.3 Å². The summed E-state index contributed by atoms with van der Waals surface area (Å²) in [6.07, 6.45) is 5.73. The second-order valence-corrected chi connectivity index (χ2v) is 5.25. The molecule has 1 aliphatic carbocycles. The number of ether oxygens (including phenoxy) is 1. The van der Waals surface area contributed by atoms with E-state index in [0.29, 0.717) is 17.9 Å². The highest BCUT2D eigenvalue weighted by molar-refractivity contribution is 5.91. The summed E-state index contributed by atoms with van der Waals surface area (Å²) in [5.74, 6) is 0.321. The van der Waals surface area contributed by atoms with Gasteiger partial charge in [-0.1, -0.05) is 12.1 Å². The van der Waals surface area contributed by atoms with Gasteiger partial charge in [-0.2, -0.15) is 8.78 Å². The van der Waals surface area contributed by atoms with E-state index < -0.39 is 6.61 Å². The van der Waals surface area contributed by atoms with Gasteiger partial charge in [0, 0.05) is 18.7 Å². The van der Waals surface area contributed by atoms with Crippen LogP contribution in [0.2, 0.25) is 0 Å². The maximum Gasteiger partial charge on any atom is 0.387 e. The van der Waals surface area contributed by atoms with Crippen LogP contribution in [0.25, 0.3) is 6.08 Å². The number of carbonyl (C=O) groups excluding carboxylic acids is 1. The molecule has 0 bridgehead atoms. The molecule has 4 nitrogen and oxygen atoms in total. The highest BCUT2D eigenvalue weighted by atomic mass is 19.3. The van der Waals surface area contributed by atoms with Crippen LogP contribution in [0.4, 0.5) is 8.78 Å². The lowest BCUT2D eigenvalue weighted by Crippen LogP contribution is -2.36. The third-order valence-corrected chi connectivity index (χ3v) is 3.49. The Bertz CT molecular complexity index is 513. The Morgan fingerprint density at radius 3 is 2.59 bits per heavy atom. The fourth-order valence-corrected chi connectivity index (χ4v) is 2.23. The molecule has 0 saturated heterocycles. The molecular weight excluding hydrogens is 292 g/mol. The zero-order chi connectivity index (χ0) is 15.9. The van der Waals surface area contributed by atoms with E-state index in [0.717, 1.165) is 12.8 Å². The second kappa shape index (κ2) is 7.89. The molecule has 0 aromatic heterocycles. The van der Waals surface area contributed by atoms with Gasteiger partial charge in [-0.25, -0.2) is 0 Å². The Hall–Kier alpha value is -1.95. The van der Waals surface area contributed by atoms with Crippen molar-refractivity contribution in [2.75, 3.05) is 6.61 Å². The van der Waals surface area contributed by atoms with Crippen LogP contribution in [-0.2, 0) is 4.79 Å². The number of benzene rings is 1. The Balaban J connectivity index is 1.86. The summed E-state index contributed by atoms with van der Waals surface area (Å²) in [4.78, 5) is 11.8. The van der Waals surface area contributed by atoms with Crippen molar-refractivity contribution in [1.82, 2.24) is 5.32 Å². The largest absolute Gasteiger partial charge is 0.435 e. The number of hydrogen-bond acceptors (Lipinski definition) is 3. The van der Waals surface area contributed by atoms with Gasteiger partial charge >= 0.3 is 6.61 Å². The second-order valence-electron chi connectivity index (χ2n) is 5.25. The molecule has 1 amide bonds. The summed E-state index contributed by atoms with van der Waals surface area (Å²) in [5, 5.41) is 11.9. The molecule has 1 saturated carbocycles. The number of alkyl halides is 2. The lowest BCUT2D eigenvalue weighted by atomic mass is 10.1. The molecule has 1 fully saturated rings. The van der Waals surface area contributed by atoms with Gasteiger partial charge in [0.1, 0.15) is 5.75 Å². The molecule has 1 unspecified atom stereocenters. The highest BCUT2D eigenvalue weighted by Crippen LogP contribution is 2.33. The van der Waals surface area contributed by atoms with E-state index in [9.17, 15) is 13.6 Å². The van der Waals surface area contributed by atoms with Gasteiger partial charge in [-0.05, 0) is 49.0 Å². The Morgan fingerprint density at radius 1 is 1.36 bits per heavy atom. The average Bonchev–Trinajstić information content (AvgIpc) is 3.30. The molecular formula is C16H19F2NO3. The van der Waals surface area contributed by atoms with E-state index >= 15 is 0 Å². The van der Waals surface area contributed by atoms with E-state index in [-0.39, 0.29) is 24.3 Å². The number of aliphatic hydroxyl groups is 1. The molecule has 1 aromatic rings. The molecule has 1 aromatic carbocycles. The van der Waals surface area contributed by atoms with Crippen LogP contribution in [0.15, 0.2) is 30.3 Å². The standard InChI is InChI=1S/C16H19F2NO3/c17-16(18)22-13-6-1-11(2-7-13)3-8-15(21)19-14(9-10-20)12-4-5-12/h1-3,6-8,12,14,16,20H,4-5,9-10H2,(H,19,21)/b8-3+. The van der Waals surface area contributed by atoms with Gasteiger partial charge in [-0.3, -0.25) is 4.79 Å². The summed E-state index contributed by atoms with van der Waals surface area (Å²) >= 11 is 0. The first-order valence-corrected chi connectivity index (χ1v) is 7.23. The number of hydrogen-bond donors (Lipinski definition) is 2. The maximum absolute atomic E-state index is 12.0. The lowest BCUT2D eigenvalue weighted by molar-refractivity contribution is -0.117. The summed E-state index contributed by atoms with van der Waals surface area (Å²) in [6.45, 7) is -2.80. The third kappa shape index (κ3) is 5.44. The predicted octanol–water partition coefficient (Wildman–Crippen LogP) is 2.58. The van der Waals surface area contributed by atoms with Crippen LogP contribution < -0.4 is 10.1 Å². The van der Waals surface area contributed by atoms with Crippen molar-refractivity contribution in [2.24, 2.45) is 5.92 Å². The van der Waals surface area contributed by atoms with Crippen molar-refractivity contribution in [3.05, 3.63) is 35.9 Å². The van der Waals surface area contributed by atoms with Gasteiger partial charge in [-0.15, -0.1) is 0 Å². The van der Waals surface area contributed by atoms with E-state index in [1.165, 1.54) is 18.2 Å². The molecule has 0 spiro atoms. The van der Waals surface area contributed by atoms with Crippen molar-refractivity contribution in [3.63, 3.8) is 0 Å². The van der Waals surface area contributed by atoms with Crippen LogP contribution in [0.3, 0.4) is 0 Å². The summed E-state index contributed by atoms with van der Waals surface area (Å²) in [7, 11) is 0. The smallest absolute Gasteiger partial charge is 0.387 e. The first-order chi connectivity index (χ1) is 10.6. The number of carbonyl (C=O) groups is 1. The molecule has 2 N–H and O–H groups in total. The molecule has 0 aliphatic heterocycles. The number of aliphatic hydroxyl groups excluding tert-OH is 1. The minimum Gasteiger partial charge on any atom is -0.435 e. The van der Waals surface area contributed by atoms with Crippen molar-refractivity contribution < 1.29 is 23.4 Å². The van der Waals surface area contributed by atoms with Crippen LogP contribution in [0.1, 0.15) is 24.8 Å². The fraction of sp³-hybridized carbons (Fsp3) is 0.438. The maximum atomic E-state index is 12.0. The molecule has 0 heterocycles. The minimum atomic E-state index is -2.85. The molecule has 6 heteroatoms. The average molecular weight is 311 g/mol. The van der Waals surface area contributed by atoms with E-state index in [1.54, 1.807) is 18.2 Å². The monoisotopic (exact) mass is 311 g/mol. The van der Waals surface area contributed by atoms with E-state index in [4.69, 9.17) is 5.11 Å². The van der Waals surface area contributed by atoms with Gasteiger partial charge < -0.3 is 15.2 Å². The molecule has 22 heavy (non-hydrogen) atoms. The zero-order valence-electron chi connectivity index (χ0n) is 12.0. The van der Waals surface area contributed by atoms with Gasteiger partial charge in [0.25, 0.3) is 0 Å². The quantitative estimate of drug-likeness (QED) is 0.726. The Morgan fingerprint density at radius 2 is 2.05 bits per heavy atom. The molecule has 120 valence electrons. The summed E-state index contributed by atoms with van der Waals surface area (Å²) < 4.78 is 28.3. The molecule has 1 aliphatic rings. The number of halogens is 2. The minimum absolute atomic E-state index is 0.0176.